The standard InChI is InChI=1S/C23H20N2O2/c1-15-20(12-13-22(15)26)24-18-9-4-8-17(14-18)23(27)25-21-11-5-7-16-6-2-3-10-19(16)21/h2-11,14,24H,12-13H2,1H3,(H,25,27). The van der Waals surface area contributed by atoms with Crippen LogP contribution in [-0.2, 0) is 4.79 Å². The summed E-state index contributed by atoms with van der Waals surface area (Å²) in [7, 11) is 0. The number of fused-ring (bicyclic) bond motifs is 1. The molecule has 0 radical (unpaired) electrons. The first-order valence-electron chi connectivity index (χ1n) is 9.01. The van der Waals surface area contributed by atoms with Gasteiger partial charge >= 0.3 is 0 Å². The fraction of sp³-hybridized carbons (Fsp3) is 0.130. The topological polar surface area (TPSA) is 58.2 Å². The van der Waals surface area contributed by atoms with Crippen molar-refractivity contribution in [3.8, 4) is 0 Å². The molecule has 134 valence electrons. The highest BCUT2D eigenvalue weighted by molar-refractivity contribution is 6.09. The van der Waals surface area contributed by atoms with Crippen LogP contribution < -0.4 is 10.6 Å². The van der Waals surface area contributed by atoms with Crippen molar-refractivity contribution in [3.05, 3.63) is 83.6 Å². The smallest absolute Gasteiger partial charge is 0.255 e. The van der Waals surface area contributed by atoms with E-state index in [1.165, 1.54) is 0 Å². The fourth-order valence-electron chi connectivity index (χ4n) is 3.38. The lowest BCUT2D eigenvalue weighted by Crippen LogP contribution is -2.12. The Morgan fingerprint density at radius 2 is 1.70 bits per heavy atom. The Labute approximate surface area is 157 Å². The number of carbonyl (C=O) groups excluding carboxylic acids is 2. The number of benzene rings is 3. The average Bonchev–Trinajstić information content (AvgIpc) is 3.00. The largest absolute Gasteiger partial charge is 0.359 e. The first-order valence-corrected chi connectivity index (χ1v) is 9.01. The van der Waals surface area contributed by atoms with Gasteiger partial charge < -0.3 is 10.6 Å². The van der Waals surface area contributed by atoms with Crippen molar-refractivity contribution in [1.29, 1.82) is 0 Å². The van der Waals surface area contributed by atoms with Crippen LogP contribution in [0.3, 0.4) is 0 Å². The third-order valence-electron chi connectivity index (χ3n) is 4.93. The van der Waals surface area contributed by atoms with E-state index in [2.05, 4.69) is 10.6 Å². The van der Waals surface area contributed by atoms with E-state index in [0.29, 0.717) is 12.0 Å². The number of Topliss-reactive ketones (excluding diaryl/α,β-unsaturated/α-hetero) is 1. The molecule has 0 fully saturated rings. The van der Waals surface area contributed by atoms with Gasteiger partial charge in [-0.3, -0.25) is 9.59 Å². The second-order valence-electron chi connectivity index (χ2n) is 6.71. The van der Waals surface area contributed by atoms with E-state index in [-0.39, 0.29) is 11.7 Å². The minimum Gasteiger partial charge on any atom is -0.359 e. The van der Waals surface area contributed by atoms with E-state index in [0.717, 1.165) is 39.8 Å². The molecule has 0 saturated carbocycles. The van der Waals surface area contributed by atoms with Crippen LogP contribution in [-0.4, -0.2) is 11.7 Å². The molecular weight excluding hydrogens is 336 g/mol. The van der Waals surface area contributed by atoms with Crippen LogP contribution in [0.15, 0.2) is 78.0 Å². The zero-order valence-corrected chi connectivity index (χ0v) is 15.1. The SMILES string of the molecule is CC1=C(Nc2cccc(C(=O)Nc3cccc4ccccc34)c2)CCC1=O. The normalized spacial score (nSPS) is 13.9. The predicted octanol–water partition coefficient (Wildman–Crippen LogP) is 5.14. The number of allylic oxidation sites excluding steroid dienone is 2. The molecule has 0 spiro atoms. The summed E-state index contributed by atoms with van der Waals surface area (Å²) in [4.78, 5) is 24.5. The number of hydrogen-bond acceptors (Lipinski definition) is 3. The molecule has 2 N–H and O–H groups in total. The molecule has 1 aliphatic carbocycles. The lowest BCUT2D eigenvalue weighted by atomic mass is 10.1. The van der Waals surface area contributed by atoms with Crippen molar-refractivity contribution in [3.63, 3.8) is 0 Å². The quantitative estimate of drug-likeness (QED) is 0.680. The van der Waals surface area contributed by atoms with Gasteiger partial charge in [-0.25, -0.2) is 0 Å². The Bertz CT molecular complexity index is 1080. The maximum atomic E-state index is 12.8. The summed E-state index contributed by atoms with van der Waals surface area (Å²) < 4.78 is 0. The van der Waals surface area contributed by atoms with Gasteiger partial charge in [0.25, 0.3) is 5.91 Å². The summed E-state index contributed by atoms with van der Waals surface area (Å²) in [6.45, 7) is 1.84. The molecular formula is C23H20N2O2. The number of anilines is 2. The van der Waals surface area contributed by atoms with Crippen LogP contribution in [0, 0.1) is 0 Å². The van der Waals surface area contributed by atoms with Gasteiger partial charge in [0.1, 0.15) is 0 Å². The molecule has 0 aromatic heterocycles. The highest BCUT2D eigenvalue weighted by atomic mass is 16.1. The van der Waals surface area contributed by atoms with Crippen LogP contribution in [0.1, 0.15) is 30.1 Å². The van der Waals surface area contributed by atoms with Crippen molar-refractivity contribution >= 4 is 33.8 Å². The van der Waals surface area contributed by atoms with Crippen LogP contribution in [0.4, 0.5) is 11.4 Å². The van der Waals surface area contributed by atoms with Gasteiger partial charge in [-0.2, -0.15) is 0 Å². The maximum Gasteiger partial charge on any atom is 0.255 e. The molecule has 0 unspecified atom stereocenters. The second kappa shape index (κ2) is 7.08. The summed E-state index contributed by atoms with van der Waals surface area (Å²) >= 11 is 0. The van der Waals surface area contributed by atoms with Crippen molar-refractivity contribution in [2.75, 3.05) is 10.6 Å². The monoisotopic (exact) mass is 356 g/mol. The van der Waals surface area contributed by atoms with Crippen LogP contribution in [0.25, 0.3) is 10.8 Å². The number of nitrogens with one attached hydrogen (secondary N) is 2. The molecule has 1 aliphatic rings. The highest BCUT2D eigenvalue weighted by Gasteiger charge is 2.19. The van der Waals surface area contributed by atoms with Crippen molar-refractivity contribution < 1.29 is 9.59 Å². The number of amides is 1. The summed E-state index contributed by atoms with van der Waals surface area (Å²) in [6.07, 6.45) is 1.27. The molecule has 0 aliphatic heterocycles. The molecule has 0 heterocycles. The highest BCUT2D eigenvalue weighted by Crippen LogP contribution is 2.26. The molecule has 4 nitrogen and oxygen atoms in total. The lowest BCUT2D eigenvalue weighted by molar-refractivity contribution is -0.114. The van der Waals surface area contributed by atoms with Gasteiger partial charge in [0.15, 0.2) is 5.78 Å². The number of carbonyl (C=O) groups is 2. The molecule has 3 aromatic carbocycles. The number of rotatable bonds is 4. The van der Waals surface area contributed by atoms with Crippen molar-refractivity contribution in [2.24, 2.45) is 0 Å². The molecule has 1 amide bonds. The van der Waals surface area contributed by atoms with Crippen LogP contribution in [0.2, 0.25) is 0 Å². The van der Waals surface area contributed by atoms with E-state index in [9.17, 15) is 9.59 Å². The van der Waals surface area contributed by atoms with Crippen molar-refractivity contribution in [1.82, 2.24) is 0 Å². The Hall–Kier alpha value is -3.40. The maximum absolute atomic E-state index is 12.8. The Balaban J connectivity index is 1.57. The van der Waals surface area contributed by atoms with E-state index >= 15 is 0 Å². The zero-order chi connectivity index (χ0) is 18.8. The van der Waals surface area contributed by atoms with Gasteiger partial charge in [-0.05, 0) is 43.0 Å². The molecule has 0 atom stereocenters. The third kappa shape index (κ3) is 3.47. The van der Waals surface area contributed by atoms with Gasteiger partial charge in [0.2, 0.25) is 0 Å². The van der Waals surface area contributed by atoms with E-state index in [1.807, 2.05) is 67.6 Å². The van der Waals surface area contributed by atoms with E-state index < -0.39 is 0 Å². The van der Waals surface area contributed by atoms with E-state index in [1.54, 1.807) is 6.07 Å². The van der Waals surface area contributed by atoms with Gasteiger partial charge in [0.05, 0.1) is 0 Å². The fourth-order valence-corrected chi connectivity index (χ4v) is 3.38. The van der Waals surface area contributed by atoms with E-state index in [4.69, 9.17) is 0 Å². The average molecular weight is 356 g/mol. The Kier molecular flexibility index (Phi) is 4.47. The minimum atomic E-state index is -0.164. The van der Waals surface area contributed by atoms with Gasteiger partial charge in [0, 0.05) is 40.0 Å². The number of hydrogen-bond donors (Lipinski definition) is 2. The molecule has 4 rings (SSSR count). The molecule has 0 bridgehead atoms. The molecule has 27 heavy (non-hydrogen) atoms. The molecule has 0 saturated heterocycles. The third-order valence-corrected chi connectivity index (χ3v) is 4.93. The lowest BCUT2D eigenvalue weighted by Gasteiger charge is -2.11. The summed E-state index contributed by atoms with van der Waals surface area (Å²) in [5.41, 5.74) is 3.88. The number of ketones is 1. The Morgan fingerprint density at radius 1 is 0.926 bits per heavy atom. The Morgan fingerprint density at radius 3 is 2.52 bits per heavy atom. The van der Waals surface area contributed by atoms with Crippen LogP contribution in [0.5, 0.6) is 0 Å². The first kappa shape index (κ1) is 17.0. The van der Waals surface area contributed by atoms with Crippen LogP contribution >= 0.6 is 0 Å². The van der Waals surface area contributed by atoms with Gasteiger partial charge in [-0.1, -0.05) is 42.5 Å². The summed E-state index contributed by atoms with van der Waals surface area (Å²) in [6, 6.07) is 21.1. The summed E-state index contributed by atoms with van der Waals surface area (Å²) in [5.74, 6) is 0.0190. The molecule has 4 heteroatoms. The first-order chi connectivity index (χ1) is 13.1. The minimum absolute atomic E-state index is 0.164. The summed E-state index contributed by atoms with van der Waals surface area (Å²) in [5, 5.41) is 8.38. The zero-order valence-electron chi connectivity index (χ0n) is 15.1. The van der Waals surface area contributed by atoms with Gasteiger partial charge in [-0.15, -0.1) is 0 Å². The molecule has 3 aromatic rings. The second-order valence-corrected chi connectivity index (χ2v) is 6.71. The predicted molar refractivity (Wildman–Crippen MR) is 109 cm³/mol. The van der Waals surface area contributed by atoms with Crippen molar-refractivity contribution in [2.45, 2.75) is 19.8 Å².